The maximum Gasteiger partial charge on any atom is 0.336 e. The van der Waals surface area contributed by atoms with Crippen molar-refractivity contribution >= 4 is 14.5 Å². The summed E-state index contributed by atoms with van der Waals surface area (Å²) in [6, 6.07) is 0.708. The fourth-order valence-electron chi connectivity index (χ4n) is 1.10. The van der Waals surface area contributed by atoms with Crippen LogP contribution >= 0.6 is 0 Å². The van der Waals surface area contributed by atoms with Crippen LogP contribution in [0.5, 0.6) is 0 Å². The Balaban J connectivity index is 3.89. The number of nitrogens with one attached hydrogen (secondary N) is 1. The van der Waals surface area contributed by atoms with E-state index in [0.29, 0.717) is 12.5 Å². The topological polar surface area (TPSA) is 67.8 Å². The molecule has 0 aromatic heterocycles. The number of rotatable bonds is 8. The minimum atomic E-state index is -2.23. The summed E-state index contributed by atoms with van der Waals surface area (Å²) in [5, 5.41) is 11.3. The third-order valence-electron chi connectivity index (χ3n) is 2.16. The van der Waals surface area contributed by atoms with E-state index in [1.165, 1.54) is 6.08 Å². The average molecular weight is 247 g/mol. The molecule has 1 atom stereocenters. The first kappa shape index (κ1) is 15.3. The highest BCUT2D eigenvalue weighted by Gasteiger charge is 2.29. The molecular weight excluding hydrogens is 226 g/mol. The zero-order valence-corrected chi connectivity index (χ0v) is 11.2. The van der Waals surface area contributed by atoms with Crippen molar-refractivity contribution in [3.05, 3.63) is 12.2 Å². The highest BCUT2D eigenvalue weighted by molar-refractivity contribution is 6.65. The third kappa shape index (κ3) is 6.73. The van der Waals surface area contributed by atoms with Gasteiger partial charge in [-0.3, -0.25) is 4.79 Å². The second-order valence-corrected chi connectivity index (χ2v) is 6.96. The smallest absolute Gasteiger partial charge is 0.336 e. The van der Waals surface area contributed by atoms with E-state index in [9.17, 15) is 4.79 Å². The molecule has 0 spiro atoms. The Labute approximate surface area is 97.7 Å². The van der Waals surface area contributed by atoms with Gasteiger partial charge in [0.2, 0.25) is 5.91 Å². The van der Waals surface area contributed by atoms with Gasteiger partial charge in [-0.25, -0.2) is 0 Å². The van der Waals surface area contributed by atoms with Crippen LogP contribution in [-0.4, -0.2) is 40.0 Å². The minimum Gasteiger partial charge on any atom is -0.398 e. The van der Waals surface area contributed by atoms with Gasteiger partial charge in [0.1, 0.15) is 6.73 Å². The van der Waals surface area contributed by atoms with Gasteiger partial charge in [0.15, 0.2) is 0 Å². The van der Waals surface area contributed by atoms with Crippen molar-refractivity contribution < 1.29 is 18.8 Å². The molecule has 0 radical (unpaired) electrons. The summed E-state index contributed by atoms with van der Waals surface area (Å²) < 4.78 is 10.9. The molecule has 0 aromatic carbocycles. The van der Waals surface area contributed by atoms with Crippen molar-refractivity contribution in [2.45, 2.75) is 25.9 Å². The zero-order valence-electron chi connectivity index (χ0n) is 10.2. The van der Waals surface area contributed by atoms with Crippen LogP contribution in [0.25, 0.3) is 0 Å². The van der Waals surface area contributed by atoms with Crippen molar-refractivity contribution in [2.75, 3.05) is 20.4 Å². The summed E-state index contributed by atoms with van der Waals surface area (Å²) in [5.74, 6) is -0.183. The molecule has 0 aliphatic heterocycles. The number of aliphatic hydroxyl groups excluding tert-OH is 1. The van der Waals surface area contributed by atoms with E-state index in [1.54, 1.807) is 20.1 Å². The van der Waals surface area contributed by atoms with Gasteiger partial charge in [0.05, 0.1) is 0 Å². The Morgan fingerprint density at radius 2 is 2.25 bits per heavy atom. The van der Waals surface area contributed by atoms with E-state index in [4.69, 9.17) is 14.0 Å². The van der Waals surface area contributed by atoms with E-state index in [-0.39, 0.29) is 19.2 Å². The summed E-state index contributed by atoms with van der Waals surface area (Å²) >= 11 is 0. The van der Waals surface area contributed by atoms with Crippen LogP contribution in [-0.2, 0) is 13.6 Å². The number of carbonyl (C=O) groups excluding carboxylic acids is 1. The van der Waals surface area contributed by atoms with Crippen LogP contribution in [0.3, 0.4) is 0 Å². The van der Waals surface area contributed by atoms with Gasteiger partial charge in [-0.1, -0.05) is 6.08 Å². The normalized spacial score (nSPS) is 15.0. The van der Waals surface area contributed by atoms with Crippen LogP contribution in [0.1, 0.15) is 13.3 Å². The van der Waals surface area contributed by atoms with Crippen LogP contribution in [0.15, 0.2) is 12.2 Å². The van der Waals surface area contributed by atoms with E-state index >= 15 is 0 Å². The number of hydrogen-bond acceptors (Lipinski definition) is 4. The summed E-state index contributed by atoms with van der Waals surface area (Å²) in [7, 11) is -0.638. The number of amides is 1. The largest absolute Gasteiger partial charge is 0.398 e. The van der Waals surface area contributed by atoms with Gasteiger partial charge in [0.25, 0.3) is 0 Å². The lowest BCUT2D eigenvalue weighted by Crippen LogP contribution is -2.41. The molecule has 16 heavy (non-hydrogen) atoms. The van der Waals surface area contributed by atoms with E-state index < -0.39 is 8.56 Å². The first-order chi connectivity index (χ1) is 7.58. The Bertz CT molecular complexity index is 235. The molecule has 5 nitrogen and oxygen atoms in total. The molecule has 94 valence electrons. The number of allylic oxidation sites excluding steroid dienone is 1. The van der Waals surface area contributed by atoms with Crippen LogP contribution in [0.2, 0.25) is 12.6 Å². The monoisotopic (exact) mass is 247 g/mol. The quantitative estimate of drug-likeness (QED) is 0.377. The summed E-state index contributed by atoms with van der Waals surface area (Å²) in [5.41, 5.74) is 0. The predicted molar refractivity (Wildman–Crippen MR) is 64.0 cm³/mol. The Hall–Kier alpha value is -0.693. The molecule has 2 N–H and O–H groups in total. The molecule has 0 heterocycles. The van der Waals surface area contributed by atoms with E-state index in [0.717, 1.165) is 0 Å². The van der Waals surface area contributed by atoms with Crippen molar-refractivity contribution in [3.8, 4) is 0 Å². The van der Waals surface area contributed by atoms with Crippen LogP contribution < -0.4 is 5.32 Å². The highest BCUT2D eigenvalue weighted by Crippen LogP contribution is 2.13. The fraction of sp³-hybridized carbons (Fsp3) is 0.700. The summed E-state index contributed by atoms with van der Waals surface area (Å²) in [6.07, 6.45) is 3.75. The standard InChI is InChI=1S/C10H21NO4Si/c1-4-6-10(13)11-9-15-16(3,14-2)8-5-7-12/h4,6,12H,5,7-9H2,1-3H3,(H,11,13). The van der Waals surface area contributed by atoms with Crippen molar-refractivity contribution in [3.63, 3.8) is 0 Å². The molecule has 1 amide bonds. The lowest BCUT2D eigenvalue weighted by molar-refractivity contribution is -0.117. The van der Waals surface area contributed by atoms with Crippen LogP contribution in [0.4, 0.5) is 0 Å². The van der Waals surface area contributed by atoms with Gasteiger partial charge in [-0.2, -0.15) is 0 Å². The first-order valence-corrected chi connectivity index (χ1v) is 7.81. The molecular formula is C10H21NO4Si. The van der Waals surface area contributed by atoms with Crippen LogP contribution in [0, 0.1) is 0 Å². The van der Waals surface area contributed by atoms with E-state index in [1.807, 2.05) is 6.55 Å². The third-order valence-corrected chi connectivity index (χ3v) is 5.04. The van der Waals surface area contributed by atoms with Crippen molar-refractivity contribution in [2.24, 2.45) is 0 Å². The Morgan fingerprint density at radius 1 is 1.56 bits per heavy atom. The molecule has 0 bridgehead atoms. The zero-order chi connectivity index (χ0) is 12.4. The van der Waals surface area contributed by atoms with Gasteiger partial charge in [-0.05, 0) is 32.0 Å². The second-order valence-electron chi connectivity index (χ2n) is 3.49. The lowest BCUT2D eigenvalue weighted by Gasteiger charge is -2.24. The Kier molecular flexibility index (Phi) is 8.09. The molecule has 6 heteroatoms. The SMILES string of the molecule is CC=CC(=O)NCO[Si](C)(CCCO)OC. The molecule has 0 saturated heterocycles. The van der Waals surface area contributed by atoms with Gasteiger partial charge in [0, 0.05) is 13.7 Å². The molecule has 0 saturated carbocycles. The van der Waals surface area contributed by atoms with Gasteiger partial charge < -0.3 is 19.3 Å². The second kappa shape index (κ2) is 8.46. The first-order valence-electron chi connectivity index (χ1n) is 5.28. The predicted octanol–water partition coefficient (Wildman–Crippen LogP) is 0.754. The lowest BCUT2D eigenvalue weighted by atomic mass is 10.5. The highest BCUT2D eigenvalue weighted by atomic mass is 28.4. The summed E-state index contributed by atoms with van der Waals surface area (Å²) in [4.78, 5) is 11.1. The molecule has 0 aliphatic carbocycles. The summed E-state index contributed by atoms with van der Waals surface area (Å²) in [6.45, 7) is 3.95. The number of aliphatic hydroxyl groups is 1. The maximum absolute atomic E-state index is 11.1. The minimum absolute atomic E-state index is 0.125. The van der Waals surface area contributed by atoms with Gasteiger partial charge >= 0.3 is 8.56 Å². The average Bonchev–Trinajstić information content (AvgIpc) is 2.27. The maximum atomic E-state index is 11.1. The molecule has 0 fully saturated rings. The fourth-order valence-corrected chi connectivity index (χ4v) is 2.75. The number of hydrogen-bond donors (Lipinski definition) is 2. The van der Waals surface area contributed by atoms with Crippen molar-refractivity contribution in [1.29, 1.82) is 0 Å². The Morgan fingerprint density at radius 3 is 2.75 bits per heavy atom. The van der Waals surface area contributed by atoms with Crippen molar-refractivity contribution in [1.82, 2.24) is 5.32 Å². The molecule has 1 unspecified atom stereocenters. The molecule has 0 aromatic rings. The van der Waals surface area contributed by atoms with Gasteiger partial charge in [-0.15, -0.1) is 0 Å². The molecule has 0 aliphatic rings. The number of carbonyl (C=O) groups is 1. The molecule has 0 rings (SSSR count). The van der Waals surface area contributed by atoms with E-state index in [2.05, 4.69) is 5.32 Å².